The molecular formula is C20H29BrN6O3S. The van der Waals surface area contributed by atoms with E-state index >= 15 is 0 Å². The number of halogens is 1. The number of rotatable bonds is 5. The molecule has 0 radical (unpaired) electrons. The topological polar surface area (TPSA) is 108 Å². The number of oxazole rings is 1. The fourth-order valence-corrected chi connectivity index (χ4v) is 7.23. The van der Waals surface area contributed by atoms with E-state index in [2.05, 4.69) is 47.4 Å². The first-order chi connectivity index (χ1) is 14.7. The van der Waals surface area contributed by atoms with Gasteiger partial charge in [0.05, 0.1) is 5.69 Å². The first-order valence-electron chi connectivity index (χ1n) is 10.3. The summed E-state index contributed by atoms with van der Waals surface area (Å²) in [5.41, 5.74) is 7.22. The molecule has 1 amide bonds. The molecule has 2 aromatic rings. The monoisotopic (exact) mass is 512 g/mol. The lowest BCUT2D eigenvalue weighted by Crippen LogP contribution is -2.54. The Labute approximate surface area is 191 Å². The van der Waals surface area contributed by atoms with Crippen molar-refractivity contribution in [3.8, 4) is 0 Å². The second-order valence-corrected chi connectivity index (χ2v) is 12.3. The van der Waals surface area contributed by atoms with Crippen molar-refractivity contribution in [2.45, 2.75) is 11.7 Å². The van der Waals surface area contributed by atoms with Crippen molar-refractivity contribution in [2.24, 2.45) is 0 Å². The van der Waals surface area contributed by atoms with Crippen molar-refractivity contribution in [3.63, 3.8) is 0 Å². The molecule has 0 saturated carbocycles. The van der Waals surface area contributed by atoms with Gasteiger partial charge in [0.15, 0.2) is 5.69 Å². The number of piperazine rings is 1. The highest BCUT2D eigenvalue weighted by atomic mass is 79.9. The maximum absolute atomic E-state index is 13.5. The second-order valence-electron chi connectivity index (χ2n) is 8.28. The Morgan fingerprint density at radius 1 is 1.29 bits per heavy atom. The summed E-state index contributed by atoms with van der Waals surface area (Å²) in [5, 5.41) is 3.11. The van der Waals surface area contributed by atoms with Crippen LogP contribution in [0.1, 0.15) is 16.9 Å². The Morgan fingerprint density at radius 3 is 2.65 bits per heavy atom. The molecule has 0 aliphatic carbocycles. The molecule has 0 spiro atoms. The van der Waals surface area contributed by atoms with Crippen molar-refractivity contribution in [1.29, 1.82) is 0 Å². The number of thiol groups is 1. The predicted octanol–water partition coefficient (Wildman–Crippen LogP) is 1.66. The van der Waals surface area contributed by atoms with Gasteiger partial charge in [0.25, 0.3) is 11.9 Å². The molecule has 2 saturated heterocycles. The largest absolute Gasteiger partial charge is 0.431 e. The zero-order valence-corrected chi connectivity index (χ0v) is 20.2. The van der Waals surface area contributed by atoms with Crippen LogP contribution in [0.15, 0.2) is 33.4 Å². The second kappa shape index (κ2) is 8.89. The molecule has 4 rings (SSSR count). The van der Waals surface area contributed by atoms with Crippen LogP contribution < -0.4 is 16.0 Å². The van der Waals surface area contributed by atoms with Gasteiger partial charge in [-0.3, -0.25) is 9.00 Å². The van der Waals surface area contributed by atoms with E-state index in [1.807, 2.05) is 24.5 Å². The maximum Gasteiger partial charge on any atom is 0.292 e. The van der Waals surface area contributed by atoms with Crippen LogP contribution in [0.3, 0.4) is 0 Å². The minimum absolute atomic E-state index is 0.0479. The molecule has 1 aromatic carbocycles. The Morgan fingerprint density at radius 2 is 2.03 bits per heavy atom. The highest BCUT2D eigenvalue weighted by Gasteiger charge is 2.35. The van der Waals surface area contributed by atoms with Gasteiger partial charge in [-0.05, 0) is 54.1 Å². The first kappa shape index (κ1) is 22.3. The Bertz CT molecular complexity index is 1010. The quantitative estimate of drug-likeness (QED) is 0.522. The summed E-state index contributed by atoms with van der Waals surface area (Å²) in [6.07, 6.45) is 4.20. The number of aromatic nitrogens is 1. The van der Waals surface area contributed by atoms with Crippen LogP contribution in [0, 0.1) is 0 Å². The lowest BCUT2D eigenvalue weighted by molar-refractivity contribution is 0.102. The number of carbonyl (C=O) groups excluding carboxylic acids is 1. The predicted molar refractivity (Wildman–Crippen MR) is 128 cm³/mol. The number of amides is 1. The van der Waals surface area contributed by atoms with Gasteiger partial charge in [0.2, 0.25) is 0 Å². The number of nitrogen functional groups attached to an aromatic ring is 1. The number of nitrogens with two attached hydrogens (primary N) is 1. The summed E-state index contributed by atoms with van der Waals surface area (Å²) in [5.74, 6) is -0.392. The smallest absolute Gasteiger partial charge is 0.292 e. The molecule has 9 nitrogen and oxygen atoms in total. The lowest BCUT2D eigenvalue weighted by atomic mass is 10.2. The van der Waals surface area contributed by atoms with E-state index in [1.54, 1.807) is 0 Å². The SMILES string of the molecule is CN1CCC([SH](C)(=O)N2CCN(c3ccc(Br)c(NC(=O)c4coc(N)n4)c3)CC2)C1. The van der Waals surface area contributed by atoms with Gasteiger partial charge < -0.3 is 25.3 Å². The number of nitrogens with zero attached hydrogens (tertiary/aromatic N) is 4. The number of likely N-dealkylation sites (tertiary alicyclic amines) is 1. The average Bonchev–Trinajstić information content (AvgIpc) is 3.38. The van der Waals surface area contributed by atoms with E-state index in [1.165, 1.54) is 6.26 Å². The third kappa shape index (κ3) is 4.79. The average molecular weight is 513 g/mol. The highest BCUT2D eigenvalue weighted by Crippen LogP contribution is 2.31. The van der Waals surface area contributed by atoms with E-state index in [9.17, 15) is 9.00 Å². The zero-order chi connectivity index (χ0) is 22.2. The standard InChI is InChI=1S/C20H29BrN6O3S/c1-25-6-5-15(12-25)31(2,29)27-9-7-26(8-10-27)14-3-4-16(21)17(11-14)23-19(28)18-13-30-20(22)24-18/h3-4,11,13,15,31H,5-10,12H2,1-2H3,(H2,22,24)(H,23,28). The number of hydrogen-bond acceptors (Lipinski definition) is 7. The van der Waals surface area contributed by atoms with Crippen molar-refractivity contribution in [2.75, 3.05) is 68.5 Å². The van der Waals surface area contributed by atoms with Crippen LogP contribution >= 0.6 is 15.9 Å². The van der Waals surface area contributed by atoms with E-state index in [-0.39, 0.29) is 17.0 Å². The molecule has 11 heteroatoms. The number of benzene rings is 1. The number of carbonyl (C=O) groups is 1. The summed E-state index contributed by atoms with van der Waals surface area (Å²) in [7, 11) is -0.268. The summed E-state index contributed by atoms with van der Waals surface area (Å²) in [6, 6.07) is 5.81. The number of nitrogens with one attached hydrogen (secondary N) is 1. The van der Waals surface area contributed by atoms with Crippen LogP contribution in [-0.4, -0.2) is 82.1 Å². The molecule has 2 aliphatic heterocycles. The van der Waals surface area contributed by atoms with Gasteiger partial charge in [-0.25, -0.2) is 4.31 Å². The summed E-state index contributed by atoms with van der Waals surface area (Å²) in [6.45, 7) is 5.05. The Hall–Kier alpha value is -1.95. The van der Waals surface area contributed by atoms with E-state index in [4.69, 9.17) is 10.2 Å². The first-order valence-corrected chi connectivity index (χ1v) is 13.3. The summed E-state index contributed by atoms with van der Waals surface area (Å²) in [4.78, 5) is 20.8. The van der Waals surface area contributed by atoms with Crippen LogP contribution in [0.5, 0.6) is 0 Å². The van der Waals surface area contributed by atoms with E-state index in [0.29, 0.717) is 5.69 Å². The van der Waals surface area contributed by atoms with Gasteiger partial charge in [-0.2, -0.15) is 4.98 Å². The molecule has 3 N–H and O–H groups in total. The van der Waals surface area contributed by atoms with Crippen molar-refractivity contribution < 1.29 is 13.4 Å². The fraction of sp³-hybridized carbons (Fsp3) is 0.500. The normalized spacial score (nSPS) is 21.4. The minimum atomic E-state index is -2.36. The summed E-state index contributed by atoms with van der Waals surface area (Å²) >= 11 is 3.49. The molecule has 1 aromatic heterocycles. The molecule has 1 unspecified atom stereocenters. The molecule has 1 atom stereocenters. The van der Waals surface area contributed by atoms with Gasteiger partial charge in [-0.15, -0.1) is 0 Å². The molecule has 3 heterocycles. The van der Waals surface area contributed by atoms with Crippen molar-refractivity contribution >= 4 is 49.3 Å². The molecule has 31 heavy (non-hydrogen) atoms. The lowest BCUT2D eigenvalue weighted by Gasteiger charge is -2.43. The van der Waals surface area contributed by atoms with Crippen LogP contribution in [0.2, 0.25) is 0 Å². The van der Waals surface area contributed by atoms with E-state index in [0.717, 1.165) is 55.8 Å². The number of anilines is 3. The molecule has 0 bridgehead atoms. The summed E-state index contributed by atoms with van der Waals surface area (Å²) < 4.78 is 21.4. The van der Waals surface area contributed by atoms with Gasteiger partial charge in [-0.1, -0.05) is 10.1 Å². The maximum atomic E-state index is 13.5. The minimum Gasteiger partial charge on any atom is -0.431 e. The van der Waals surface area contributed by atoms with Gasteiger partial charge in [0, 0.05) is 54.4 Å². The molecule has 2 aliphatic rings. The van der Waals surface area contributed by atoms with Crippen LogP contribution in [0.25, 0.3) is 0 Å². The van der Waals surface area contributed by atoms with Crippen molar-refractivity contribution in [3.05, 3.63) is 34.6 Å². The van der Waals surface area contributed by atoms with Gasteiger partial charge in [0.1, 0.15) is 6.26 Å². The number of hydrogen-bond donors (Lipinski definition) is 3. The molecule has 2 fully saturated rings. The Kier molecular flexibility index (Phi) is 6.38. The van der Waals surface area contributed by atoms with Crippen LogP contribution in [0.4, 0.5) is 17.4 Å². The molecular weight excluding hydrogens is 484 g/mol. The third-order valence-electron chi connectivity index (χ3n) is 6.18. The Balaban J connectivity index is 1.41. The van der Waals surface area contributed by atoms with Crippen LogP contribution in [-0.2, 0) is 10.1 Å². The third-order valence-corrected chi connectivity index (χ3v) is 10.2. The zero-order valence-electron chi connectivity index (χ0n) is 17.8. The van der Waals surface area contributed by atoms with Gasteiger partial charge >= 0.3 is 0 Å². The molecule has 170 valence electrons. The van der Waals surface area contributed by atoms with Crippen molar-refractivity contribution in [1.82, 2.24) is 14.2 Å². The highest BCUT2D eigenvalue weighted by molar-refractivity contribution is 9.10. The van der Waals surface area contributed by atoms with E-state index < -0.39 is 16.0 Å². The fourth-order valence-electron chi connectivity index (χ4n) is 4.27.